The van der Waals surface area contributed by atoms with E-state index in [1.54, 1.807) is 69.7 Å². The molecular weight excluding hydrogens is 486 g/mol. The van der Waals surface area contributed by atoms with Crippen molar-refractivity contribution in [1.29, 1.82) is 0 Å². The number of ether oxygens (including phenoxy) is 4. The van der Waals surface area contributed by atoms with Gasteiger partial charge in [-0.2, -0.15) is 0 Å². The molecule has 1 aromatic heterocycles. The van der Waals surface area contributed by atoms with E-state index in [0.717, 1.165) is 10.9 Å². The fourth-order valence-corrected chi connectivity index (χ4v) is 4.10. The van der Waals surface area contributed by atoms with E-state index in [-0.39, 0.29) is 18.1 Å². The van der Waals surface area contributed by atoms with Gasteiger partial charge in [0.2, 0.25) is 0 Å². The topological polar surface area (TPSA) is 102 Å². The number of fused-ring (bicyclic) bond motifs is 1. The maximum Gasteiger partial charge on any atom is 0.322 e. The van der Waals surface area contributed by atoms with E-state index in [0.29, 0.717) is 52.7 Å². The molecule has 0 aliphatic carbocycles. The van der Waals surface area contributed by atoms with Gasteiger partial charge in [-0.3, -0.25) is 4.79 Å². The molecule has 0 fully saturated rings. The molecule has 0 spiro atoms. The molecular formula is C29H31N3O6. The summed E-state index contributed by atoms with van der Waals surface area (Å²) < 4.78 is 21.2. The van der Waals surface area contributed by atoms with Crippen molar-refractivity contribution >= 4 is 22.6 Å². The highest BCUT2D eigenvalue weighted by molar-refractivity contribution is 5.89. The molecule has 38 heavy (non-hydrogen) atoms. The molecule has 9 heteroatoms. The number of hydrogen-bond donors (Lipinski definition) is 2. The zero-order valence-corrected chi connectivity index (χ0v) is 21.9. The number of carbonyl (C=O) groups excluding carboxylic acids is 1. The summed E-state index contributed by atoms with van der Waals surface area (Å²) in [6, 6.07) is 19.7. The lowest BCUT2D eigenvalue weighted by atomic mass is 10.1. The normalized spacial score (nSPS) is 10.6. The standard InChI is InChI=1S/C29H31N3O6/c1-35-23-10-7-22(8-11-23)30-29(34)32(14-13-19-5-12-26(37-3)27(15-19)38-4)18-21-16-20-6-9-24(36-2)17-25(20)31-28(21)33/h5-12,15-17H,13-14,18H2,1-4H3,(H,30,34)(H,31,33). The first-order chi connectivity index (χ1) is 18.4. The van der Waals surface area contributed by atoms with Crippen LogP contribution >= 0.6 is 0 Å². The van der Waals surface area contributed by atoms with Gasteiger partial charge in [-0.15, -0.1) is 0 Å². The Balaban J connectivity index is 1.59. The SMILES string of the molecule is COc1ccc(NC(=O)N(CCc2ccc(OC)c(OC)c2)Cc2cc3ccc(OC)cc3[nH]c2=O)cc1. The number of carbonyl (C=O) groups is 1. The van der Waals surface area contributed by atoms with Crippen LogP contribution in [0.1, 0.15) is 11.1 Å². The Kier molecular flexibility index (Phi) is 8.37. The minimum atomic E-state index is -0.329. The summed E-state index contributed by atoms with van der Waals surface area (Å²) in [6.07, 6.45) is 0.541. The molecule has 198 valence electrons. The van der Waals surface area contributed by atoms with Crippen LogP contribution in [0.15, 0.2) is 71.5 Å². The second-order valence-electron chi connectivity index (χ2n) is 8.60. The quantitative estimate of drug-likeness (QED) is 0.312. The third-order valence-electron chi connectivity index (χ3n) is 6.24. The van der Waals surface area contributed by atoms with Crippen LogP contribution in [-0.2, 0) is 13.0 Å². The lowest BCUT2D eigenvalue weighted by Crippen LogP contribution is -2.37. The van der Waals surface area contributed by atoms with Crippen LogP contribution in [0.4, 0.5) is 10.5 Å². The van der Waals surface area contributed by atoms with Gasteiger partial charge in [0.1, 0.15) is 11.5 Å². The van der Waals surface area contributed by atoms with Crippen molar-refractivity contribution in [1.82, 2.24) is 9.88 Å². The van der Waals surface area contributed by atoms with Gasteiger partial charge in [-0.1, -0.05) is 6.07 Å². The van der Waals surface area contributed by atoms with Gasteiger partial charge in [-0.05, 0) is 72.0 Å². The molecule has 1 heterocycles. The largest absolute Gasteiger partial charge is 0.497 e. The van der Waals surface area contributed by atoms with E-state index >= 15 is 0 Å². The first kappa shape index (κ1) is 26.4. The van der Waals surface area contributed by atoms with Crippen molar-refractivity contribution in [2.45, 2.75) is 13.0 Å². The van der Waals surface area contributed by atoms with Gasteiger partial charge in [0.25, 0.3) is 5.56 Å². The summed E-state index contributed by atoms with van der Waals surface area (Å²) in [7, 11) is 6.32. The number of pyridine rings is 1. The van der Waals surface area contributed by atoms with Gasteiger partial charge in [0.05, 0.1) is 40.5 Å². The summed E-state index contributed by atoms with van der Waals surface area (Å²) in [5.74, 6) is 2.58. The predicted octanol–water partition coefficient (Wildman–Crippen LogP) is 4.84. The number of aromatic amines is 1. The first-order valence-corrected chi connectivity index (χ1v) is 12.0. The number of rotatable bonds is 10. The Morgan fingerprint density at radius 2 is 1.53 bits per heavy atom. The van der Waals surface area contributed by atoms with Gasteiger partial charge in [0.15, 0.2) is 11.5 Å². The van der Waals surface area contributed by atoms with Crippen molar-refractivity contribution in [2.24, 2.45) is 0 Å². The maximum absolute atomic E-state index is 13.4. The monoisotopic (exact) mass is 517 g/mol. The Hall–Kier alpha value is -4.66. The lowest BCUT2D eigenvalue weighted by Gasteiger charge is -2.23. The van der Waals surface area contributed by atoms with E-state index in [1.165, 1.54) is 0 Å². The number of methoxy groups -OCH3 is 4. The number of aromatic nitrogens is 1. The summed E-state index contributed by atoms with van der Waals surface area (Å²) in [5.41, 5.74) is 2.45. The summed E-state index contributed by atoms with van der Waals surface area (Å²) in [6.45, 7) is 0.476. The first-order valence-electron chi connectivity index (χ1n) is 12.0. The van der Waals surface area contributed by atoms with Crippen LogP contribution < -0.4 is 29.8 Å². The highest BCUT2D eigenvalue weighted by atomic mass is 16.5. The number of anilines is 1. The number of nitrogens with one attached hydrogen (secondary N) is 2. The fraction of sp³-hybridized carbons (Fsp3) is 0.241. The Bertz CT molecular complexity index is 1470. The summed E-state index contributed by atoms with van der Waals surface area (Å²) in [4.78, 5) is 30.8. The Morgan fingerprint density at radius 1 is 0.816 bits per heavy atom. The molecule has 0 bridgehead atoms. The van der Waals surface area contributed by atoms with E-state index in [9.17, 15) is 9.59 Å². The van der Waals surface area contributed by atoms with E-state index in [4.69, 9.17) is 18.9 Å². The lowest BCUT2D eigenvalue weighted by molar-refractivity contribution is 0.209. The minimum Gasteiger partial charge on any atom is -0.497 e. The molecule has 0 saturated heterocycles. The van der Waals surface area contributed by atoms with Crippen molar-refractivity contribution in [3.8, 4) is 23.0 Å². The number of benzene rings is 3. The Labute approximate surface area is 220 Å². The molecule has 0 atom stereocenters. The van der Waals surface area contributed by atoms with Crippen molar-refractivity contribution in [3.05, 3.63) is 88.2 Å². The van der Waals surface area contributed by atoms with Crippen LogP contribution in [0.2, 0.25) is 0 Å². The van der Waals surface area contributed by atoms with Gasteiger partial charge in [-0.25, -0.2) is 4.79 Å². The molecule has 2 amide bonds. The van der Waals surface area contributed by atoms with Crippen molar-refractivity contribution in [3.63, 3.8) is 0 Å². The van der Waals surface area contributed by atoms with Crippen LogP contribution in [0.3, 0.4) is 0 Å². The average Bonchev–Trinajstić information content (AvgIpc) is 2.95. The minimum absolute atomic E-state index is 0.118. The highest BCUT2D eigenvalue weighted by Gasteiger charge is 2.18. The number of hydrogen-bond acceptors (Lipinski definition) is 6. The molecule has 0 radical (unpaired) electrons. The number of amides is 2. The van der Waals surface area contributed by atoms with Gasteiger partial charge >= 0.3 is 6.03 Å². The molecule has 9 nitrogen and oxygen atoms in total. The number of urea groups is 1. The second-order valence-corrected chi connectivity index (χ2v) is 8.60. The molecule has 0 aliphatic heterocycles. The summed E-state index contributed by atoms with van der Waals surface area (Å²) >= 11 is 0. The van der Waals surface area contributed by atoms with E-state index in [2.05, 4.69) is 10.3 Å². The zero-order valence-electron chi connectivity index (χ0n) is 21.9. The predicted molar refractivity (Wildman–Crippen MR) is 147 cm³/mol. The fourth-order valence-electron chi connectivity index (χ4n) is 4.10. The van der Waals surface area contributed by atoms with E-state index in [1.807, 2.05) is 30.3 Å². The molecule has 0 saturated carbocycles. The van der Waals surface area contributed by atoms with Gasteiger partial charge in [0, 0.05) is 23.9 Å². The Morgan fingerprint density at radius 3 is 2.21 bits per heavy atom. The average molecular weight is 518 g/mol. The number of H-pyrrole nitrogens is 1. The van der Waals surface area contributed by atoms with Crippen molar-refractivity contribution in [2.75, 3.05) is 40.3 Å². The molecule has 2 N–H and O–H groups in total. The third kappa shape index (κ3) is 6.18. The summed E-state index contributed by atoms with van der Waals surface area (Å²) in [5, 5.41) is 3.76. The molecule has 0 unspecified atom stereocenters. The van der Waals surface area contributed by atoms with Crippen molar-refractivity contribution < 1.29 is 23.7 Å². The van der Waals surface area contributed by atoms with Crippen LogP contribution in [0, 0.1) is 0 Å². The highest BCUT2D eigenvalue weighted by Crippen LogP contribution is 2.28. The molecule has 0 aliphatic rings. The number of nitrogens with zero attached hydrogens (tertiary/aromatic N) is 1. The van der Waals surface area contributed by atoms with Gasteiger partial charge < -0.3 is 34.1 Å². The molecule has 4 rings (SSSR count). The van der Waals surface area contributed by atoms with E-state index < -0.39 is 0 Å². The molecule has 4 aromatic rings. The zero-order chi connectivity index (χ0) is 27.1. The second kappa shape index (κ2) is 12.1. The maximum atomic E-state index is 13.4. The van der Waals surface area contributed by atoms with Crippen LogP contribution in [0.25, 0.3) is 10.9 Å². The third-order valence-corrected chi connectivity index (χ3v) is 6.24. The van der Waals surface area contributed by atoms with Crippen LogP contribution in [0.5, 0.6) is 23.0 Å². The van der Waals surface area contributed by atoms with Crippen LogP contribution in [-0.4, -0.2) is 50.9 Å². The molecule has 3 aromatic carbocycles. The smallest absolute Gasteiger partial charge is 0.322 e.